The Bertz CT molecular complexity index is 518. The Morgan fingerprint density at radius 3 is 2.78 bits per heavy atom. The van der Waals surface area contributed by atoms with E-state index in [4.69, 9.17) is 0 Å². The van der Waals surface area contributed by atoms with Gasteiger partial charge in [-0.15, -0.1) is 0 Å². The summed E-state index contributed by atoms with van der Waals surface area (Å²) >= 11 is 3.25. The quantitative estimate of drug-likeness (QED) is 0.884. The van der Waals surface area contributed by atoms with Crippen LogP contribution >= 0.6 is 15.9 Å². The van der Waals surface area contributed by atoms with Gasteiger partial charge in [0.15, 0.2) is 0 Å². The number of aliphatic hydroxyl groups excluding tert-OH is 1. The molecule has 4 nitrogen and oxygen atoms in total. The molecule has 1 aromatic carbocycles. The zero-order valence-corrected chi connectivity index (χ0v) is 12.2. The van der Waals surface area contributed by atoms with E-state index >= 15 is 0 Å². The second kappa shape index (κ2) is 5.69. The van der Waals surface area contributed by atoms with Crippen LogP contribution in [-0.4, -0.2) is 26.2 Å². The summed E-state index contributed by atoms with van der Waals surface area (Å²) in [6.07, 6.45) is 2.23. The summed E-state index contributed by atoms with van der Waals surface area (Å²) in [5.74, 6) is 0.0342. The highest BCUT2D eigenvalue weighted by atomic mass is 79.9. The Morgan fingerprint density at radius 2 is 2.17 bits per heavy atom. The molecule has 1 aliphatic carbocycles. The molecule has 0 amide bonds. The molecule has 2 atom stereocenters. The van der Waals surface area contributed by atoms with Crippen LogP contribution in [0.3, 0.4) is 0 Å². The summed E-state index contributed by atoms with van der Waals surface area (Å²) in [6, 6.07) is 6.58. The SMILES string of the molecule is O=S(=O)(NCC1CCCC1O)c1cccc(Br)c1. The van der Waals surface area contributed by atoms with Gasteiger partial charge in [-0.25, -0.2) is 13.1 Å². The highest BCUT2D eigenvalue weighted by Crippen LogP contribution is 2.25. The van der Waals surface area contributed by atoms with E-state index in [0.717, 1.165) is 23.7 Å². The van der Waals surface area contributed by atoms with Crippen molar-refractivity contribution in [1.82, 2.24) is 4.72 Å². The maximum Gasteiger partial charge on any atom is 0.240 e. The summed E-state index contributed by atoms with van der Waals surface area (Å²) in [7, 11) is -3.48. The van der Waals surface area contributed by atoms with Crippen LogP contribution in [-0.2, 0) is 10.0 Å². The van der Waals surface area contributed by atoms with Crippen molar-refractivity contribution >= 4 is 26.0 Å². The lowest BCUT2D eigenvalue weighted by Gasteiger charge is -2.15. The van der Waals surface area contributed by atoms with Gasteiger partial charge in [-0.3, -0.25) is 0 Å². The predicted molar refractivity (Wildman–Crippen MR) is 72.7 cm³/mol. The minimum absolute atomic E-state index is 0.0342. The van der Waals surface area contributed by atoms with Gasteiger partial charge in [0.05, 0.1) is 11.0 Å². The molecule has 0 heterocycles. The number of hydrogen-bond acceptors (Lipinski definition) is 3. The van der Waals surface area contributed by atoms with Crippen molar-refractivity contribution in [2.24, 2.45) is 5.92 Å². The molecule has 1 saturated carbocycles. The first-order valence-electron chi connectivity index (χ1n) is 5.92. The largest absolute Gasteiger partial charge is 0.393 e. The van der Waals surface area contributed by atoms with E-state index in [-0.39, 0.29) is 16.9 Å². The van der Waals surface area contributed by atoms with Crippen LogP contribution in [0.15, 0.2) is 33.6 Å². The van der Waals surface area contributed by atoms with Crippen molar-refractivity contribution in [3.8, 4) is 0 Å². The monoisotopic (exact) mass is 333 g/mol. The molecule has 0 aromatic heterocycles. The van der Waals surface area contributed by atoms with Gasteiger partial charge in [0.2, 0.25) is 10.0 Å². The molecule has 0 bridgehead atoms. The predicted octanol–water partition coefficient (Wildman–Crippen LogP) is 1.89. The highest BCUT2D eigenvalue weighted by molar-refractivity contribution is 9.10. The maximum atomic E-state index is 12.0. The first kappa shape index (κ1) is 14.0. The third-order valence-corrected chi connectivity index (χ3v) is 5.18. The van der Waals surface area contributed by atoms with E-state index in [1.165, 1.54) is 0 Å². The Morgan fingerprint density at radius 1 is 1.39 bits per heavy atom. The average molecular weight is 334 g/mol. The molecule has 1 fully saturated rings. The molecule has 1 aliphatic rings. The standard InChI is InChI=1S/C12H16BrNO3S/c13-10-4-2-5-11(7-10)18(16,17)14-8-9-3-1-6-12(9)15/h2,4-5,7,9,12,14-15H,1,3,6,8H2. The molecule has 100 valence electrons. The van der Waals surface area contributed by atoms with Crippen LogP contribution in [0.5, 0.6) is 0 Å². The second-order valence-electron chi connectivity index (χ2n) is 4.57. The molecular formula is C12H16BrNO3S. The molecule has 6 heteroatoms. The number of sulfonamides is 1. The van der Waals surface area contributed by atoms with Gasteiger partial charge < -0.3 is 5.11 Å². The van der Waals surface area contributed by atoms with Gasteiger partial charge in [0.25, 0.3) is 0 Å². The van der Waals surface area contributed by atoms with Gasteiger partial charge in [-0.05, 0) is 37.0 Å². The van der Waals surface area contributed by atoms with Crippen molar-refractivity contribution in [2.45, 2.75) is 30.3 Å². The fourth-order valence-corrected chi connectivity index (χ4v) is 3.88. The minimum Gasteiger partial charge on any atom is -0.393 e. The smallest absolute Gasteiger partial charge is 0.240 e. The molecule has 0 aliphatic heterocycles. The van der Waals surface area contributed by atoms with E-state index in [1.54, 1.807) is 24.3 Å². The molecule has 0 spiro atoms. The van der Waals surface area contributed by atoms with Gasteiger partial charge in [-0.2, -0.15) is 0 Å². The number of halogens is 1. The van der Waals surface area contributed by atoms with Crippen molar-refractivity contribution in [1.29, 1.82) is 0 Å². The number of benzene rings is 1. The summed E-state index contributed by atoms with van der Waals surface area (Å²) in [4.78, 5) is 0.240. The first-order valence-corrected chi connectivity index (χ1v) is 8.20. The van der Waals surface area contributed by atoms with E-state index in [1.807, 2.05) is 0 Å². The molecule has 18 heavy (non-hydrogen) atoms. The Labute approximate surface area is 116 Å². The van der Waals surface area contributed by atoms with Crippen LogP contribution in [0.25, 0.3) is 0 Å². The van der Waals surface area contributed by atoms with Crippen LogP contribution < -0.4 is 4.72 Å². The van der Waals surface area contributed by atoms with Crippen molar-refractivity contribution < 1.29 is 13.5 Å². The summed E-state index contributed by atoms with van der Waals surface area (Å²) in [5.41, 5.74) is 0. The molecule has 2 rings (SSSR count). The summed E-state index contributed by atoms with van der Waals surface area (Å²) in [6.45, 7) is 0.302. The summed E-state index contributed by atoms with van der Waals surface area (Å²) in [5, 5.41) is 9.66. The van der Waals surface area contributed by atoms with Gasteiger partial charge >= 0.3 is 0 Å². The van der Waals surface area contributed by atoms with E-state index in [2.05, 4.69) is 20.7 Å². The number of aliphatic hydroxyl groups is 1. The maximum absolute atomic E-state index is 12.0. The lowest BCUT2D eigenvalue weighted by molar-refractivity contribution is 0.134. The fraction of sp³-hybridized carbons (Fsp3) is 0.500. The normalized spacial score (nSPS) is 24.3. The van der Waals surface area contributed by atoms with Gasteiger partial charge in [-0.1, -0.05) is 28.4 Å². The fourth-order valence-electron chi connectivity index (χ4n) is 2.19. The van der Waals surface area contributed by atoms with Gasteiger partial charge in [0.1, 0.15) is 0 Å². The Balaban J connectivity index is 2.03. The van der Waals surface area contributed by atoms with Crippen molar-refractivity contribution in [2.75, 3.05) is 6.54 Å². The number of hydrogen-bond donors (Lipinski definition) is 2. The van der Waals surface area contributed by atoms with E-state index in [0.29, 0.717) is 6.54 Å². The zero-order chi connectivity index (χ0) is 13.2. The van der Waals surface area contributed by atoms with Crippen LogP contribution in [0.1, 0.15) is 19.3 Å². The van der Waals surface area contributed by atoms with Crippen molar-refractivity contribution in [3.63, 3.8) is 0 Å². The zero-order valence-electron chi connectivity index (χ0n) is 9.84. The third kappa shape index (κ3) is 3.32. The molecule has 0 saturated heterocycles. The minimum atomic E-state index is -3.48. The first-order chi connectivity index (χ1) is 8.49. The van der Waals surface area contributed by atoms with Crippen LogP contribution in [0, 0.1) is 5.92 Å². The molecule has 1 aromatic rings. The Hall–Kier alpha value is -0.430. The second-order valence-corrected chi connectivity index (χ2v) is 7.25. The third-order valence-electron chi connectivity index (χ3n) is 3.26. The van der Waals surface area contributed by atoms with Crippen LogP contribution in [0.2, 0.25) is 0 Å². The van der Waals surface area contributed by atoms with Gasteiger partial charge in [0, 0.05) is 11.0 Å². The summed E-state index contributed by atoms with van der Waals surface area (Å²) < 4.78 is 27.4. The van der Waals surface area contributed by atoms with E-state index < -0.39 is 10.0 Å². The Kier molecular flexibility index (Phi) is 4.42. The highest BCUT2D eigenvalue weighted by Gasteiger charge is 2.26. The molecule has 0 radical (unpaired) electrons. The van der Waals surface area contributed by atoms with Crippen LogP contribution in [0.4, 0.5) is 0 Å². The average Bonchev–Trinajstić information content (AvgIpc) is 2.72. The molecule has 2 unspecified atom stereocenters. The lowest BCUT2D eigenvalue weighted by Crippen LogP contribution is -2.32. The number of rotatable bonds is 4. The molecular weight excluding hydrogens is 318 g/mol. The lowest BCUT2D eigenvalue weighted by atomic mass is 10.1. The van der Waals surface area contributed by atoms with Crippen molar-refractivity contribution in [3.05, 3.63) is 28.7 Å². The van der Waals surface area contributed by atoms with E-state index in [9.17, 15) is 13.5 Å². The number of nitrogens with one attached hydrogen (secondary N) is 1. The molecule has 2 N–H and O–H groups in total. The topological polar surface area (TPSA) is 66.4 Å².